The van der Waals surface area contributed by atoms with Crippen molar-refractivity contribution >= 4 is 22.4 Å². The van der Waals surface area contributed by atoms with Gasteiger partial charge in [0.15, 0.2) is 5.82 Å². The predicted octanol–water partition coefficient (Wildman–Crippen LogP) is 5.76. The Balaban J connectivity index is 1.42. The molecule has 6 heteroatoms. The summed E-state index contributed by atoms with van der Waals surface area (Å²) in [5.41, 5.74) is 5.15. The predicted molar refractivity (Wildman–Crippen MR) is 136 cm³/mol. The lowest BCUT2D eigenvalue weighted by Gasteiger charge is -2.21. The van der Waals surface area contributed by atoms with E-state index in [0.717, 1.165) is 33.5 Å². The van der Waals surface area contributed by atoms with Gasteiger partial charge in [-0.2, -0.15) is 0 Å². The van der Waals surface area contributed by atoms with Crippen molar-refractivity contribution in [3.05, 3.63) is 115 Å². The molecule has 0 fully saturated rings. The number of imidazole rings is 1. The van der Waals surface area contributed by atoms with Crippen LogP contribution in [0, 0.1) is 6.92 Å². The molecular weight excluding hydrogens is 420 g/mol. The van der Waals surface area contributed by atoms with Gasteiger partial charge in [-0.3, -0.25) is 0 Å². The summed E-state index contributed by atoms with van der Waals surface area (Å²) in [5.74, 6) is 1.53. The Morgan fingerprint density at radius 3 is 2.53 bits per heavy atom. The lowest BCUT2D eigenvalue weighted by Crippen LogP contribution is -2.20. The molecule has 1 atom stereocenters. The molecule has 0 saturated carbocycles. The zero-order valence-electron chi connectivity index (χ0n) is 18.8. The van der Waals surface area contributed by atoms with Gasteiger partial charge in [-0.05, 0) is 48.4 Å². The summed E-state index contributed by atoms with van der Waals surface area (Å²) in [4.78, 5) is 14.3. The highest BCUT2D eigenvalue weighted by Crippen LogP contribution is 2.28. The van der Waals surface area contributed by atoms with Crippen LogP contribution < -0.4 is 5.32 Å². The van der Waals surface area contributed by atoms with E-state index in [-0.39, 0.29) is 6.04 Å². The molecular formula is C28H24N6. The van der Waals surface area contributed by atoms with Gasteiger partial charge in [0.05, 0.1) is 11.6 Å². The van der Waals surface area contributed by atoms with Crippen molar-refractivity contribution in [1.82, 2.24) is 23.9 Å². The summed E-state index contributed by atoms with van der Waals surface area (Å²) in [5, 5.41) is 4.65. The van der Waals surface area contributed by atoms with E-state index >= 15 is 0 Å². The van der Waals surface area contributed by atoms with Crippen LogP contribution in [0.25, 0.3) is 27.9 Å². The number of rotatable bonds is 6. The van der Waals surface area contributed by atoms with Crippen molar-refractivity contribution in [2.24, 2.45) is 0 Å². The molecule has 4 heterocycles. The second-order valence-corrected chi connectivity index (χ2v) is 8.41. The lowest BCUT2D eigenvalue weighted by atomic mass is 10.1. The maximum Gasteiger partial charge on any atom is 0.163 e. The van der Waals surface area contributed by atoms with E-state index in [1.165, 1.54) is 5.56 Å². The molecule has 2 aromatic carbocycles. The van der Waals surface area contributed by atoms with Crippen LogP contribution in [-0.2, 0) is 0 Å². The Morgan fingerprint density at radius 2 is 1.68 bits per heavy atom. The minimum absolute atomic E-state index is 0.136. The number of fused-ring (bicyclic) bond motifs is 2. The van der Waals surface area contributed by atoms with E-state index in [1.807, 2.05) is 34.9 Å². The van der Waals surface area contributed by atoms with Crippen LogP contribution in [0.2, 0.25) is 0 Å². The van der Waals surface area contributed by atoms with E-state index in [9.17, 15) is 0 Å². The van der Waals surface area contributed by atoms with Crippen LogP contribution in [0.5, 0.6) is 0 Å². The molecule has 166 valence electrons. The van der Waals surface area contributed by atoms with E-state index in [1.54, 1.807) is 6.20 Å². The van der Waals surface area contributed by atoms with Gasteiger partial charge >= 0.3 is 0 Å². The summed E-state index contributed by atoms with van der Waals surface area (Å²) >= 11 is 0. The largest absolute Gasteiger partial charge is 0.367 e. The van der Waals surface area contributed by atoms with Crippen molar-refractivity contribution in [2.75, 3.05) is 11.9 Å². The quantitative estimate of drug-likeness (QED) is 0.355. The summed E-state index contributed by atoms with van der Waals surface area (Å²) in [6, 6.07) is 25.0. The maximum absolute atomic E-state index is 5.00. The number of nitrogens with one attached hydrogen (secondary N) is 1. The van der Waals surface area contributed by atoms with Crippen LogP contribution in [0.4, 0.5) is 5.82 Å². The van der Waals surface area contributed by atoms with E-state index in [4.69, 9.17) is 9.97 Å². The zero-order chi connectivity index (χ0) is 22.9. The Hall–Kier alpha value is -4.45. The third kappa shape index (κ3) is 3.69. The first-order valence-corrected chi connectivity index (χ1v) is 11.4. The van der Waals surface area contributed by atoms with E-state index in [2.05, 4.69) is 88.9 Å². The van der Waals surface area contributed by atoms with Gasteiger partial charge in [-0.1, -0.05) is 42.5 Å². The normalized spacial score (nSPS) is 12.3. The monoisotopic (exact) mass is 444 g/mol. The van der Waals surface area contributed by atoms with Gasteiger partial charge in [0, 0.05) is 48.5 Å². The number of hydrogen-bond acceptors (Lipinski definition) is 4. The number of aryl methyl sites for hydroxylation is 1. The van der Waals surface area contributed by atoms with Gasteiger partial charge in [0.1, 0.15) is 11.5 Å². The van der Waals surface area contributed by atoms with Crippen LogP contribution in [0.3, 0.4) is 0 Å². The fraction of sp³-hybridized carbons (Fsp3) is 0.107. The number of para-hydroxylation sites is 1. The van der Waals surface area contributed by atoms with E-state index < -0.39 is 0 Å². The number of aromatic nitrogens is 5. The van der Waals surface area contributed by atoms with Crippen molar-refractivity contribution in [3.63, 3.8) is 0 Å². The second-order valence-electron chi connectivity index (χ2n) is 8.41. The number of pyridine rings is 1. The highest BCUT2D eigenvalue weighted by atomic mass is 15.1. The third-order valence-corrected chi connectivity index (χ3v) is 6.22. The maximum atomic E-state index is 5.00. The molecule has 0 aliphatic heterocycles. The molecule has 1 N–H and O–H groups in total. The standard InChI is InChI=1S/C28H24N6/c1-20-17-26-29-13-16-34(26)19-23(20)28-31-24-12-6-5-11-22(24)27(32-28)30-18-25(33-14-7-8-15-33)21-9-3-2-4-10-21/h2-17,19,25H,18H2,1H3,(H,30,31,32)/t25-/m1/s1. The van der Waals surface area contributed by atoms with Crippen molar-refractivity contribution in [1.29, 1.82) is 0 Å². The molecule has 0 spiro atoms. The molecule has 6 rings (SSSR count). The van der Waals surface area contributed by atoms with Crippen LogP contribution in [0.15, 0.2) is 104 Å². The molecule has 6 nitrogen and oxygen atoms in total. The van der Waals surface area contributed by atoms with Gasteiger partial charge in [-0.15, -0.1) is 0 Å². The molecule has 0 aliphatic carbocycles. The first-order chi connectivity index (χ1) is 16.8. The average Bonchev–Trinajstić information content (AvgIpc) is 3.56. The number of anilines is 1. The van der Waals surface area contributed by atoms with Gasteiger partial charge in [-0.25, -0.2) is 15.0 Å². The molecule has 0 saturated heterocycles. The summed E-state index contributed by atoms with van der Waals surface area (Å²) in [6.45, 7) is 2.77. The van der Waals surface area contributed by atoms with Crippen LogP contribution >= 0.6 is 0 Å². The van der Waals surface area contributed by atoms with Gasteiger partial charge in [0.25, 0.3) is 0 Å². The Kier molecular flexibility index (Phi) is 5.03. The second kappa shape index (κ2) is 8.48. The third-order valence-electron chi connectivity index (χ3n) is 6.22. The van der Waals surface area contributed by atoms with Crippen molar-refractivity contribution in [3.8, 4) is 11.4 Å². The first-order valence-electron chi connectivity index (χ1n) is 11.4. The first kappa shape index (κ1) is 20.2. The Bertz CT molecular complexity index is 1570. The highest BCUT2D eigenvalue weighted by molar-refractivity contribution is 5.90. The van der Waals surface area contributed by atoms with Crippen LogP contribution in [0.1, 0.15) is 17.2 Å². The summed E-state index contributed by atoms with van der Waals surface area (Å²) in [7, 11) is 0. The Labute approximate surface area is 197 Å². The van der Waals surface area contributed by atoms with Gasteiger partial charge < -0.3 is 14.3 Å². The molecule has 0 aliphatic rings. The van der Waals surface area contributed by atoms with Gasteiger partial charge in [0.2, 0.25) is 0 Å². The fourth-order valence-corrected chi connectivity index (χ4v) is 4.44. The minimum Gasteiger partial charge on any atom is -0.367 e. The fourth-order valence-electron chi connectivity index (χ4n) is 4.44. The van der Waals surface area contributed by atoms with E-state index in [0.29, 0.717) is 12.4 Å². The zero-order valence-corrected chi connectivity index (χ0v) is 18.8. The average molecular weight is 445 g/mol. The molecule has 0 radical (unpaired) electrons. The molecule has 0 bridgehead atoms. The molecule has 6 aromatic rings. The van der Waals surface area contributed by atoms with Crippen LogP contribution in [-0.4, -0.2) is 30.5 Å². The van der Waals surface area contributed by atoms with Crippen molar-refractivity contribution < 1.29 is 0 Å². The lowest BCUT2D eigenvalue weighted by molar-refractivity contribution is 0.613. The smallest absolute Gasteiger partial charge is 0.163 e. The summed E-state index contributed by atoms with van der Waals surface area (Å²) in [6.07, 6.45) is 10.0. The number of benzene rings is 2. The molecule has 34 heavy (non-hydrogen) atoms. The number of nitrogens with zero attached hydrogens (tertiary/aromatic N) is 5. The summed E-state index contributed by atoms with van der Waals surface area (Å²) < 4.78 is 4.23. The topological polar surface area (TPSA) is 60.0 Å². The van der Waals surface area contributed by atoms with Crippen molar-refractivity contribution in [2.45, 2.75) is 13.0 Å². The molecule has 0 unspecified atom stereocenters. The molecule has 4 aromatic heterocycles. The number of hydrogen-bond donors (Lipinski definition) is 1. The SMILES string of the molecule is Cc1cc2nccn2cc1-c1nc(NC[C@H](c2ccccc2)n2cccc2)c2ccccc2n1. The Morgan fingerprint density at radius 1 is 0.882 bits per heavy atom. The molecule has 0 amide bonds. The minimum atomic E-state index is 0.136. The highest BCUT2D eigenvalue weighted by Gasteiger charge is 2.16.